The maximum absolute atomic E-state index is 12.1. The average molecular weight is 247 g/mol. The number of hydrogen-bond acceptors (Lipinski definition) is 3. The summed E-state index contributed by atoms with van der Waals surface area (Å²) in [4.78, 5) is 14.2. The van der Waals surface area contributed by atoms with Crippen molar-refractivity contribution >= 4 is 11.6 Å². The molecule has 0 spiro atoms. The van der Waals surface area contributed by atoms with Gasteiger partial charge in [-0.15, -0.1) is 0 Å². The van der Waals surface area contributed by atoms with Crippen LogP contribution in [0, 0.1) is 0 Å². The minimum absolute atomic E-state index is 0.0302. The van der Waals surface area contributed by atoms with Gasteiger partial charge in [-0.3, -0.25) is 4.79 Å². The second-order valence-electron chi connectivity index (χ2n) is 5.03. The van der Waals surface area contributed by atoms with E-state index in [4.69, 9.17) is 0 Å². The van der Waals surface area contributed by atoms with Crippen LogP contribution in [-0.2, 0) is 11.3 Å². The van der Waals surface area contributed by atoms with E-state index in [1.165, 1.54) is 0 Å². The summed E-state index contributed by atoms with van der Waals surface area (Å²) >= 11 is 0. The van der Waals surface area contributed by atoms with Crippen molar-refractivity contribution in [3.8, 4) is 0 Å². The van der Waals surface area contributed by atoms with Crippen LogP contribution in [0.15, 0.2) is 24.3 Å². The summed E-state index contributed by atoms with van der Waals surface area (Å²) in [6, 6.07) is 7.94. The van der Waals surface area contributed by atoms with Gasteiger partial charge in [-0.25, -0.2) is 0 Å². The van der Waals surface area contributed by atoms with E-state index in [2.05, 4.69) is 21.6 Å². The molecule has 0 saturated carbocycles. The molecule has 1 fully saturated rings. The summed E-state index contributed by atoms with van der Waals surface area (Å²) < 4.78 is 0. The zero-order valence-corrected chi connectivity index (χ0v) is 11.1. The number of rotatable bonds is 4. The smallest absolute Gasteiger partial charge is 0.241 e. The standard InChI is InChI=1S/C14H21N3O/c1-17(2)10-11-6-3-4-7-12(11)16-14(18)13-8-5-9-15-13/h3-4,6-7,13,15H,5,8-10H2,1-2H3,(H,16,18). The van der Waals surface area contributed by atoms with Crippen molar-refractivity contribution in [1.29, 1.82) is 0 Å². The van der Waals surface area contributed by atoms with Crippen LogP contribution < -0.4 is 10.6 Å². The van der Waals surface area contributed by atoms with Crippen molar-refractivity contribution in [2.45, 2.75) is 25.4 Å². The Labute approximate surface area is 108 Å². The lowest BCUT2D eigenvalue weighted by Gasteiger charge is -2.16. The van der Waals surface area contributed by atoms with E-state index in [1.54, 1.807) is 0 Å². The van der Waals surface area contributed by atoms with Crippen molar-refractivity contribution in [3.63, 3.8) is 0 Å². The molecule has 1 aromatic carbocycles. The van der Waals surface area contributed by atoms with Gasteiger partial charge in [0.15, 0.2) is 0 Å². The van der Waals surface area contributed by atoms with Crippen LogP contribution in [-0.4, -0.2) is 37.5 Å². The molecule has 1 aliphatic rings. The lowest BCUT2D eigenvalue weighted by Crippen LogP contribution is -2.35. The van der Waals surface area contributed by atoms with Crippen LogP contribution in [0.2, 0.25) is 0 Å². The molecule has 0 aromatic heterocycles. The van der Waals surface area contributed by atoms with Gasteiger partial charge in [0.25, 0.3) is 0 Å². The SMILES string of the molecule is CN(C)Cc1ccccc1NC(=O)C1CCCN1. The Morgan fingerprint density at radius 3 is 2.89 bits per heavy atom. The minimum atomic E-state index is -0.0302. The van der Waals surface area contributed by atoms with E-state index in [1.807, 2.05) is 32.3 Å². The Morgan fingerprint density at radius 1 is 1.44 bits per heavy atom. The molecule has 1 atom stereocenters. The zero-order valence-electron chi connectivity index (χ0n) is 11.1. The van der Waals surface area contributed by atoms with Crippen LogP contribution in [0.3, 0.4) is 0 Å². The van der Waals surface area contributed by atoms with Gasteiger partial charge in [0.2, 0.25) is 5.91 Å². The Bertz CT molecular complexity index is 411. The van der Waals surface area contributed by atoms with Gasteiger partial charge in [-0.2, -0.15) is 0 Å². The minimum Gasteiger partial charge on any atom is -0.324 e. The molecule has 1 aliphatic heterocycles. The van der Waals surface area contributed by atoms with Crippen molar-refractivity contribution in [1.82, 2.24) is 10.2 Å². The first-order chi connectivity index (χ1) is 8.66. The first kappa shape index (κ1) is 13.1. The molecule has 18 heavy (non-hydrogen) atoms. The summed E-state index contributed by atoms with van der Waals surface area (Å²) in [6.45, 7) is 1.77. The number of anilines is 1. The molecule has 1 unspecified atom stereocenters. The van der Waals surface area contributed by atoms with Crippen molar-refractivity contribution in [3.05, 3.63) is 29.8 Å². The van der Waals surface area contributed by atoms with Crippen LogP contribution in [0.1, 0.15) is 18.4 Å². The zero-order chi connectivity index (χ0) is 13.0. The molecule has 4 nitrogen and oxygen atoms in total. The van der Waals surface area contributed by atoms with Gasteiger partial charge < -0.3 is 15.5 Å². The molecule has 1 amide bonds. The van der Waals surface area contributed by atoms with E-state index in [0.717, 1.165) is 37.2 Å². The summed E-state index contributed by atoms with van der Waals surface area (Å²) in [5, 5.41) is 6.24. The lowest BCUT2D eigenvalue weighted by atomic mass is 10.1. The predicted molar refractivity (Wildman–Crippen MR) is 73.5 cm³/mol. The number of para-hydroxylation sites is 1. The number of hydrogen-bond donors (Lipinski definition) is 2. The van der Waals surface area contributed by atoms with E-state index in [0.29, 0.717) is 0 Å². The summed E-state index contributed by atoms with van der Waals surface area (Å²) in [6.07, 6.45) is 2.01. The van der Waals surface area contributed by atoms with E-state index >= 15 is 0 Å². The first-order valence-corrected chi connectivity index (χ1v) is 6.43. The summed E-state index contributed by atoms with van der Waals surface area (Å²) in [7, 11) is 4.05. The van der Waals surface area contributed by atoms with E-state index < -0.39 is 0 Å². The largest absolute Gasteiger partial charge is 0.324 e. The maximum Gasteiger partial charge on any atom is 0.241 e. The third-order valence-corrected chi connectivity index (χ3v) is 3.14. The Kier molecular flexibility index (Phi) is 4.33. The molecule has 0 aliphatic carbocycles. The highest BCUT2D eigenvalue weighted by Gasteiger charge is 2.22. The number of nitrogens with zero attached hydrogens (tertiary/aromatic N) is 1. The topological polar surface area (TPSA) is 44.4 Å². The molecule has 2 N–H and O–H groups in total. The van der Waals surface area contributed by atoms with Crippen LogP contribution in [0.25, 0.3) is 0 Å². The molecule has 1 heterocycles. The molecule has 0 radical (unpaired) electrons. The fraction of sp³-hybridized carbons (Fsp3) is 0.500. The van der Waals surface area contributed by atoms with Gasteiger partial charge in [-0.05, 0) is 45.1 Å². The second kappa shape index (κ2) is 5.98. The summed E-state index contributed by atoms with van der Waals surface area (Å²) in [5.41, 5.74) is 2.07. The third-order valence-electron chi connectivity index (χ3n) is 3.14. The Morgan fingerprint density at radius 2 is 2.22 bits per heavy atom. The number of nitrogens with one attached hydrogen (secondary N) is 2. The molecule has 0 bridgehead atoms. The normalized spacial score (nSPS) is 19.2. The first-order valence-electron chi connectivity index (χ1n) is 6.43. The monoisotopic (exact) mass is 247 g/mol. The Balaban J connectivity index is 2.05. The lowest BCUT2D eigenvalue weighted by molar-refractivity contribution is -0.117. The van der Waals surface area contributed by atoms with Crippen LogP contribution in [0.5, 0.6) is 0 Å². The van der Waals surface area contributed by atoms with E-state index in [-0.39, 0.29) is 11.9 Å². The molecule has 1 saturated heterocycles. The van der Waals surface area contributed by atoms with E-state index in [9.17, 15) is 4.79 Å². The van der Waals surface area contributed by atoms with Gasteiger partial charge >= 0.3 is 0 Å². The fourth-order valence-electron chi connectivity index (χ4n) is 2.25. The molecule has 98 valence electrons. The number of carbonyl (C=O) groups excluding carboxylic acids is 1. The van der Waals surface area contributed by atoms with Gasteiger partial charge in [-0.1, -0.05) is 18.2 Å². The Hall–Kier alpha value is -1.39. The van der Waals surface area contributed by atoms with Crippen molar-refractivity contribution in [2.75, 3.05) is 26.0 Å². The number of benzene rings is 1. The quantitative estimate of drug-likeness (QED) is 0.846. The van der Waals surface area contributed by atoms with Crippen molar-refractivity contribution in [2.24, 2.45) is 0 Å². The molecule has 2 rings (SSSR count). The highest BCUT2D eigenvalue weighted by atomic mass is 16.2. The molecular weight excluding hydrogens is 226 g/mol. The summed E-state index contributed by atoms with van der Waals surface area (Å²) in [5.74, 6) is 0.0821. The second-order valence-corrected chi connectivity index (χ2v) is 5.03. The molecular formula is C14H21N3O. The molecule has 4 heteroatoms. The number of amides is 1. The third kappa shape index (κ3) is 3.31. The number of carbonyl (C=O) groups is 1. The highest BCUT2D eigenvalue weighted by molar-refractivity contribution is 5.95. The van der Waals surface area contributed by atoms with Crippen LogP contribution in [0.4, 0.5) is 5.69 Å². The van der Waals surface area contributed by atoms with Crippen LogP contribution >= 0.6 is 0 Å². The molecule has 1 aromatic rings. The van der Waals surface area contributed by atoms with Crippen molar-refractivity contribution < 1.29 is 4.79 Å². The fourth-order valence-corrected chi connectivity index (χ4v) is 2.25. The maximum atomic E-state index is 12.1. The predicted octanol–water partition coefficient (Wildman–Crippen LogP) is 1.44. The highest BCUT2D eigenvalue weighted by Crippen LogP contribution is 2.17. The van der Waals surface area contributed by atoms with Gasteiger partial charge in [0.05, 0.1) is 6.04 Å². The van der Waals surface area contributed by atoms with Gasteiger partial charge in [0, 0.05) is 12.2 Å². The van der Waals surface area contributed by atoms with Gasteiger partial charge in [0.1, 0.15) is 0 Å². The average Bonchev–Trinajstić information content (AvgIpc) is 2.84.